The molecular weight excluding hydrogens is 318 g/mol. The van der Waals surface area contributed by atoms with Gasteiger partial charge in [-0.25, -0.2) is 4.79 Å². The van der Waals surface area contributed by atoms with Crippen LogP contribution in [0.2, 0.25) is 0 Å². The van der Waals surface area contributed by atoms with Gasteiger partial charge in [0.1, 0.15) is 0 Å². The fraction of sp³-hybridized carbons (Fsp3) is 0.105. The van der Waals surface area contributed by atoms with Crippen molar-refractivity contribution < 1.29 is 14.7 Å². The fourth-order valence-corrected chi connectivity index (χ4v) is 2.48. The maximum atomic E-state index is 12.1. The van der Waals surface area contributed by atoms with Crippen LogP contribution in [-0.2, 0) is 17.8 Å². The van der Waals surface area contributed by atoms with E-state index in [1.54, 1.807) is 18.2 Å². The molecule has 0 aliphatic carbocycles. The molecule has 1 amide bonds. The maximum absolute atomic E-state index is 12.1. The van der Waals surface area contributed by atoms with E-state index < -0.39 is 5.97 Å². The molecule has 126 valence electrons. The highest BCUT2D eigenvalue weighted by atomic mass is 16.4. The van der Waals surface area contributed by atoms with Crippen LogP contribution in [0, 0.1) is 0 Å². The monoisotopic (exact) mass is 335 g/mol. The first-order valence-electron chi connectivity index (χ1n) is 7.75. The number of rotatable bonds is 5. The minimum atomic E-state index is -0.972. The molecule has 2 aromatic carbocycles. The van der Waals surface area contributed by atoms with E-state index in [1.807, 2.05) is 24.3 Å². The Morgan fingerprint density at radius 2 is 1.80 bits per heavy atom. The minimum Gasteiger partial charge on any atom is -0.478 e. The predicted molar refractivity (Wildman–Crippen MR) is 95.1 cm³/mol. The van der Waals surface area contributed by atoms with Crippen molar-refractivity contribution in [3.8, 4) is 0 Å². The quantitative estimate of drug-likeness (QED) is 0.621. The normalized spacial score (nSPS) is 10.6. The van der Waals surface area contributed by atoms with Crippen LogP contribution in [-0.4, -0.2) is 22.0 Å². The summed E-state index contributed by atoms with van der Waals surface area (Å²) in [5, 5.41) is 12.6. The number of hydrogen-bond acceptors (Lipinski definition) is 4. The van der Waals surface area contributed by atoms with Gasteiger partial charge in [-0.3, -0.25) is 9.78 Å². The van der Waals surface area contributed by atoms with E-state index >= 15 is 0 Å². The number of hydrogen-bond donors (Lipinski definition) is 3. The number of carboxylic acids is 1. The number of anilines is 1. The lowest BCUT2D eigenvalue weighted by Crippen LogP contribution is -2.24. The van der Waals surface area contributed by atoms with Gasteiger partial charge >= 0.3 is 5.97 Å². The lowest BCUT2D eigenvalue weighted by atomic mass is 10.1. The van der Waals surface area contributed by atoms with Crippen molar-refractivity contribution in [1.82, 2.24) is 10.3 Å². The SMILES string of the molecule is Nc1ccc2nc(CC(=O)NCc3ccc(C(=O)O)cc3)ccc2c1. The summed E-state index contributed by atoms with van der Waals surface area (Å²) in [4.78, 5) is 27.4. The van der Waals surface area contributed by atoms with Crippen molar-refractivity contribution in [3.05, 3.63) is 71.4 Å². The number of benzene rings is 2. The van der Waals surface area contributed by atoms with Gasteiger partial charge in [-0.15, -0.1) is 0 Å². The number of aromatic nitrogens is 1. The number of carbonyl (C=O) groups is 2. The van der Waals surface area contributed by atoms with Crippen molar-refractivity contribution in [1.29, 1.82) is 0 Å². The lowest BCUT2D eigenvalue weighted by molar-refractivity contribution is -0.120. The molecule has 0 spiro atoms. The molecule has 6 heteroatoms. The summed E-state index contributed by atoms with van der Waals surface area (Å²) in [5.41, 5.74) is 8.94. The van der Waals surface area contributed by atoms with E-state index in [2.05, 4.69) is 10.3 Å². The second-order valence-electron chi connectivity index (χ2n) is 5.71. The van der Waals surface area contributed by atoms with Crippen LogP contribution in [0.15, 0.2) is 54.6 Å². The number of nitrogen functional groups attached to an aromatic ring is 1. The molecule has 3 aromatic rings. The first kappa shape index (κ1) is 16.4. The second-order valence-corrected chi connectivity index (χ2v) is 5.71. The van der Waals surface area contributed by atoms with E-state index in [9.17, 15) is 9.59 Å². The van der Waals surface area contributed by atoms with Gasteiger partial charge in [-0.05, 0) is 42.0 Å². The Balaban J connectivity index is 1.60. The summed E-state index contributed by atoms with van der Waals surface area (Å²) in [6.45, 7) is 0.336. The van der Waals surface area contributed by atoms with Crippen molar-refractivity contribution in [2.75, 3.05) is 5.73 Å². The topological polar surface area (TPSA) is 105 Å². The van der Waals surface area contributed by atoms with Gasteiger partial charge in [-0.2, -0.15) is 0 Å². The van der Waals surface area contributed by atoms with Crippen molar-refractivity contribution in [3.63, 3.8) is 0 Å². The first-order chi connectivity index (χ1) is 12.0. The summed E-state index contributed by atoms with van der Waals surface area (Å²) in [6.07, 6.45) is 0.174. The maximum Gasteiger partial charge on any atom is 0.335 e. The number of nitrogens with zero attached hydrogens (tertiary/aromatic N) is 1. The van der Waals surface area contributed by atoms with E-state index in [0.717, 1.165) is 16.5 Å². The third-order valence-electron chi connectivity index (χ3n) is 3.80. The summed E-state index contributed by atoms with van der Waals surface area (Å²) < 4.78 is 0. The molecule has 1 aromatic heterocycles. The van der Waals surface area contributed by atoms with E-state index in [-0.39, 0.29) is 17.9 Å². The fourth-order valence-electron chi connectivity index (χ4n) is 2.48. The molecule has 0 fully saturated rings. The molecule has 0 unspecified atom stereocenters. The molecule has 1 heterocycles. The van der Waals surface area contributed by atoms with Crippen LogP contribution >= 0.6 is 0 Å². The Kier molecular flexibility index (Phi) is 4.61. The van der Waals surface area contributed by atoms with E-state index in [4.69, 9.17) is 10.8 Å². The molecule has 0 aliphatic heterocycles. The third kappa shape index (κ3) is 4.11. The number of pyridine rings is 1. The predicted octanol–water partition coefficient (Wildman–Crippen LogP) is 2.37. The first-order valence-corrected chi connectivity index (χ1v) is 7.75. The Morgan fingerprint density at radius 1 is 1.04 bits per heavy atom. The average molecular weight is 335 g/mol. The summed E-state index contributed by atoms with van der Waals surface area (Å²) >= 11 is 0. The van der Waals surface area contributed by atoms with E-state index in [0.29, 0.717) is 17.9 Å². The number of nitrogens with two attached hydrogens (primary N) is 1. The van der Waals surface area contributed by atoms with Gasteiger partial charge < -0.3 is 16.2 Å². The summed E-state index contributed by atoms with van der Waals surface area (Å²) in [6, 6.07) is 15.5. The molecule has 3 rings (SSSR count). The van der Waals surface area contributed by atoms with Crippen LogP contribution in [0.1, 0.15) is 21.6 Å². The molecule has 0 aliphatic rings. The van der Waals surface area contributed by atoms with Crippen molar-refractivity contribution in [2.24, 2.45) is 0 Å². The zero-order chi connectivity index (χ0) is 17.8. The average Bonchev–Trinajstić information content (AvgIpc) is 2.60. The van der Waals surface area contributed by atoms with Gasteiger partial charge in [0.25, 0.3) is 0 Å². The van der Waals surface area contributed by atoms with Crippen LogP contribution in [0.25, 0.3) is 10.9 Å². The number of nitrogens with one attached hydrogen (secondary N) is 1. The van der Waals surface area contributed by atoms with Crippen LogP contribution in [0.4, 0.5) is 5.69 Å². The Bertz CT molecular complexity index is 936. The Morgan fingerprint density at radius 3 is 2.52 bits per heavy atom. The van der Waals surface area contributed by atoms with Crippen molar-refractivity contribution in [2.45, 2.75) is 13.0 Å². The molecule has 25 heavy (non-hydrogen) atoms. The zero-order valence-corrected chi connectivity index (χ0v) is 13.4. The molecule has 0 saturated carbocycles. The summed E-state index contributed by atoms with van der Waals surface area (Å²) in [7, 11) is 0. The second kappa shape index (κ2) is 7.00. The van der Waals surface area contributed by atoms with Crippen LogP contribution in [0.5, 0.6) is 0 Å². The molecule has 0 radical (unpaired) electrons. The van der Waals surface area contributed by atoms with Gasteiger partial charge in [-0.1, -0.05) is 18.2 Å². The molecule has 6 nitrogen and oxygen atoms in total. The standard InChI is InChI=1S/C19H17N3O3/c20-15-6-8-17-14(9-15)5-7-16(22-17)10-18(23)21-11-12-1-3-13(4-2-12)19(24)25/h1-9H,10-11,20H2,(H,21,23)(H,24,25). The highest BCUT2D eigenvalue weighted by molar-refractivity contribution is 5.87. The molecular formula is C19H17N3O3. The number of fused-ring (bicyclic) bond motifs is 1. The van der Waals surface area contributed by atoms with Gasteiger partial charge in [0.05, 0.1) is 23.2 Å². The molecule has 0 bridgehead atoms. The third-order valence-corrected chi connectivity index (χ3v) is 3.80. The minimum absolute atomic E-state index is 0.149. The molecule has 4 N–H and O–H groups in total. The number of carboxylic acid groups (broad SMARTS) is 1. The summed E-state index contributed by atoms with van der Waals surface area (Å²) in [5.74, 6) is -1.12. The molecule has 0 saturated heterocycles. The van der Waals surface area contributed by atoms with Crippen LogP contribution in [0.3, 0.4) is 0 Å². The van der Waals surface area contributed by atoms with E-state index in [1.165, 1.54) is 12.1 Å². The largest absolute Gasteiger partial charge is 0.478 e. The highest BCUT2D eigenvalue weighted by Crippen LogP contribution is 2.16. The lowest BCUT2D eigenvalue weighted by Gasteiger charge is -2.07. The Hall–Kier alpha value is -3.41. The number of amides is 1. The number of carbonyl (C=O) groups excluding carboxylic acids is 1. The molecule has 0 atom stereocenters. The van der Waals surface area contributed by atoms with Crippen molar-refractivity contribution >= 4 is 28.5 Å². The van der Waals surface area contributed by atoms with Gasteiger partial charge in [0, 0.05) is 17.6 Å². The highest BCUT2D eigenvalue weighted by Gasteiger charge is 2.07. The smallest absolute Gasteiger partial charge is 0.335 e. The number of aromatic carboxylic acids is 1. The zero-order valence-electron chi connectivity index (χ0n) is 13.4. The van der Waals surface area contributed by atoms with Gasteiger partial charge in [0.2, 0.25) is 5.91 Å². The Labute approximate surface area is 144 Å². The van der Waals surface area contributed by atoms with Crippen LogP contribution < -0.4 is 11.1 Å². The van der Waals surface area contributed by atoms with Gasteiger partial charge in [0.15, 0.2) is 0 Å².